The zero-order chi connectivity index (χ0) is 13.9. The second kappa shape index (κ2) is 5.33. The summed E-state index contributed by atoms with van der Waals surface area (Å²) in [4.78, 5) is 12.1. The number of aliphatic hydroxyl groups is 1. The zero-order valence-corrected chi connectivity index (χ0v) is 10.6. The molecule has 19 heavy (non-hydrogen) atoms. The number of ketones is 1. The Morgan fingerprint density at radius 3 is 2.05 bits per heavy atom. The van der Waals surface area contributed by atoms with E-state index in [0.717, 1.165) is 6.92 Å². The first-order valence-corrected chi connectivity index (χ1v) is 6.05. The Hall–Kier alpha value is -2.00. The molecule has 0 heterocycles. The predicted molar refractivity (Wildman–Crippen MR) is 71.7 cm³/mol. The summed E-state index contributed by atoms with van der Waals surface area (Å²) >= 11 is 0. The summed E-state index contributed by atoms with van der Waals surface area (Å²) in [6, 6.07) is 16.5. The molecule has 2 rings (SSSR count). The number of hydrogen-bond donors (Lipinski definition) is 1. The molecule has 0 aromatic heterocycles. The Labute approximate surface area is 111 Å². The molecule has 0 radical (unpaired) electrons. The number of aliphatic hydroxyl groups excluding tert-OH is 1. The minimum atomic E-state index is -2.36. The summed E-state index contributed by atoms with van der Waals surface area (Å²) in [6.07, 6.45) is -1.48. The Kier molecular flexibility index (Phi) is 3.76. The fourth-order valence-corrected chi connectivity index (χ4v) is 1.94. The lowest BCUT2D eigenvalue weighted by Crippen LogP contribution is -2.37. The number of rotatable bonds is 4. The molecule has 0 aliphatic rings. The van der Waals surface area contributed by atoms with E-state index in [1.807, 2.05) is 0 Å². The maximum Gasteiger partial charge on any atom is 0.202 e. The van der Waals surface area contributed by atoms with Gasteiger partial charge in [0.25, 0.3) is 0 Å². The number of Topliss-reactive ketones (excluding diaryl/α,β-unsaturated/α-hetero) is 1. The molecule has 0 spiro atoms. The van der Waals surface area contributed by atoms with Crippen molar-refractivity contribution in [1.82, 2.24) is 0 Å². The molecule has 0 bridgehead atoms. The third kappa shape index (κ3) is 2.71. The quantitative estimate of drug-likeness (QED) is 0.854. The number of hydrogen-bond acceptors (Lipinski definition) is 2. The molecular weight excluding hydrogens is 243 g/mol. The van der Waals surface area contributed by atoms with E-state index in [9.17, 15) is 14.3 Å². The van der Waals surface area contributed by atoms with Gasteiger partial charge in [0.15, 0.2) is 5.67 Å². The van der Waals surface area contributed by atoms with Crippen LogP contribution in [-0.4, -0.2) is 16.6 Å². The van der Waals surface area contributed by atoms with E-state index in [2.05, 4.69) is 0 Å². The SMILES string of the molecule is C[C@](F)(C(=O)c1ccccc1)[C@H](O)c1ccccc1. The van der Waals surface area contributed by atoms with Crippen molar-refractivity contribution in [2.45, 2.75) is 18.7 Å². The van der Waals surface area contributed by atoms with E-state index in [-0.39, 0.29) is 5.56 Å². The van der Waals surface area contributed by atoms with Crippen LogP contribution in [0.5, 0.6) is 0 Å². The van der Waals surface area contributed by atoms with Crippen LogP contribution in [0.15, 0.2) is 60.7 Å². The Morgan fingerprint density at radius 1 is 1.05 bits per heavy atom. The third-order valence-electron chi connectivity index (χ3n) is 3.11. The van der Waals surface area contributed by atoms with E-state index >= 15 is 0 Å². The van der Waals surface area contributed by atoms with Gasteiger partial charge in [0.2, 0.25) is 5.78 Å². The van der Waals surface area contributed by atoms with Crippen molar-refractivity contribution < 1.29 is 14.3 Å². The zero-order valence-electron chi connectivity index (χ0n) is 10.6. The molecule has 0 unspecified atom stereocenters. The molecule has 0 aliphatic heterocycles. The molecule has 2 aromatic carbocycles. The summed E-state index contributed by atoms with van der Waals surface area (Å²) < 4.78 is 14.6. The van der Waals surface area contributed by atoms with Crippen molar-refractivity contribution in [2.75, 3.05) is 0 Å². The number of benzene rings is 2. The summed E-state index contributed by atoms with van der Waals surface area (Å²) in [5.41, 5.74) is -1.72. The standard InChI is InChI=1S/C16H15FO2/c1-16(17,14(18)12-8-4-2-5-9-12)15(19)13-10-6-3-7-11-13/h2-11,14,18H,1H3/t14-,16-/m1/s1. The summed E-state index contributed by atoms with van der Waals surface area (Å²) in [5.74, 6) is -0.718. The highest BCUT2D eigenvalue weighted by atomic mass is 19.1. The normalized spacial score (nSPS) is 15.5. The fraction of sp³-hybridized carbons (Fsp3) is 0.188. The molecule has 98 valence electrons. The molecule has 2 nitrogen and oxygen atoms in total. The fourth-order valence-electron chi connectivity index (χ4n) is 1.94. The lowest BCUT2D eigenvalue weighted by atomic mass is 9.87. The Balaban J connectivity index is 2.30. The number of carbonyl (C=O) groups is 1. The number of alkyl halides is 1. The first-order chi connectivity index (χ1) is 9.03. The van der Waals surface area contributed by atoms with Gasteiger partial charge >= 0.3 is 0 Å². The van der Waals surface area contributed by atoms with Crippen molar-refractivity contribution in [3.8, 4) is 0 Å². The largest absolute Gasteiger partial charge is 0.385 e. The minimum Gasteiger partial charge on any atom is -0.385 e. The first kappa shape index (κ1) is 13.4. The number of carbonyl (C=O) groups excluding carboxylic acids is 1. The second-order valence-corrected chi connectivity index (χ2v) is 4.58. The minimum absolute atomic E-state index is 0.252. The lowest BCUT2D eigenvalue weighted by Gasteiger charge is -2.25. The number of halogens is 1. The molecular formula is C16H15FO2. The summed E-state index contributed by atoms with van der Waals surface area (Å²) in [7, 11) is 0. The van der Waals surface area contributed by atoms with E-state index in [1.165, 1.54) is 12.1 Å². The molecule has 0 amide bonds. The first-order valence-electron chi connectivity index (χ1n) is 6.05. The molecule has 0 saturated carbocycles. The molecule has 3 heteroatoms. The van der Waals surface area contributed by atoms with Crippen molar-refractivity contribution in [3.05, 3.63) is 71.8 Å². The predicted octanol–water partition coefficient (Wildman–Crippen LogP) is 3.33. The Bertz CT molecular complexity index is 549. The molecule has 2 aromatic rings. The van der Waals surface area contributed by atoms with Gasteiger partial charge < -0.3 is 5.11 Å². The molecule has 2 atom stereocenters. The smallest absolute Gasteiger partial charge is 0.202 e. The van der Waals surface area contributed by atoms with Crippen molar-refractivity contribution in [2.24, 2.45) is 0 Å². The van der Waals surface area contributed by atoms with Gasteiger partial charge in [0, 0.05) is 5.56 Å². The van der Waals surface area contributed by atoms with E-state index in [0.29, 0.717) is 5.56 Å². The summed E-state index contributed by atoms with van der Waals surface area (Å²) in [6.45, 7) is 1.11. The Morgan fingerprint density at radius 2 is 1.53 bits per heavy atom. The van der Waals surface area contributed by atoms with Crippen molar-refractivity contribution in [1.29, 1.82) is 0 Å². The van der Waals surface area contributed by atoms with Gasteiger partial charge in [0.1, 0.15) is 6.10 Å². The van der Waals surface area contributed by atoms with Gasteiger partial charge in [-0.25, -0.2) is 4.39 Å². The van der Waals surface area contributed by atoms with E-state index in [4.69, 9.17) is 0 Å². The van der Waals surface area contributed by atoms with Crippen LogP contribution in [0.2, 0.25) is 0 Å². The van der Waals surface area contributed by atoms with Gasteiger partial charge in [-0.1, -0.05) is 60.7 Å². The highest BCUT2D eigenvalue weighted by molar-refractivity contribution is 6.02. The van der Waals surface area contributed by atoms with Crippen molar-refractivity contribution >= 4 is 5.78 Å². The highest BCUT2D eigenvalue weighted by Gasteiger charge is 2.42. The van der Waals surface area contributed by atoms with Gasteiger partial charge in [-0.05, 0) is 12.5 Å². The van der Waals surface area contributed by atoms with Crippen LogP contribution < -0.4 is 0 Å². The van der Waals surface area contributed by atoms with Gasteiger partial charge in [-0.3, -0.25) is 4.79 Å². The maximum atomic E-state index is 14.6. The molecule has 0 fully saturated rings. The lowest BCUT2D eigenvalue weighted by molar-refractivity contribution is 0.00964. The van der Waals surface area contributed by atoms with Crippen LogP contribution in [0.3, 0.4) is 0 Å². The van der Waals surface area contributed by atoms with Crippen LogP contribution in [-0.2, 0) is 0 Å². The average Bonchev–Trinajstić information content (AvgIpc) is 2.47. The second-order valence-electron chi connectivity index (χ2n) is 4.58. The molecule has 0 saturated heterocycles. The monoisotopic (exact) mass is 258 g/mol. The van der Waals surface area contributed by atoms with Gasteiger partial charge in [-0.15, -0.1) is 0 Å². The van der Waals surface area contributed by atoms with E-state index in [1.54, 1.807) is 48.5 Å². The van der Waals surface area contributed by atoms with Crippen LogP contribution in [0, 0.1) is 0 Å². The van der Waals surface area contributed by atoms with Gasteiger partial charge in [0.05, 0.1) is 0 Å². The maximum absolute atomic E-state index is 14.6. The molecule has 0 aliphatic carbocycles. The van der Waals surface area contributed by atoms with Crippen molar-refractivity contribution in [3.63, 3.8) is 0 Å². The van der Waals surface area contributed by atoms with Crippen LogP contribution >= 0.6 is 0 Å². The van der Waals surface area contributed by atoms with Crippen LogP contribution in [0.25, 0.3) is 0 Å². The summed E-state index contributed by atoms with van der Waals surface area (Å²) in [5, 5.41) is 10.1. The topological polar surface area (TPSA) is 37.3 Å². The highest BCUT2D eigenvalue weighted by Crippen LogP contribution is 2.32. The van der Waals surface area contributed by atoms with Crippen LogP contribution in [0.4, 0.5) is 4.39 Å². The van der Waals surface area contributed by atoms with Crippen LogP contribution in [0.1, 0.15) is 28.9 Å². The third-order valence-corrected chi connectivity index (χ3v) is 3.11. The molecule has 1 N–H and O–H groups in total. The average molecular weight is 258 g/mol. The van der Waals surface area contributed by atoms with Gasteiger partial charge in [-0.2, -0.15) is 0 Å². The van der Waals surface area contributed by atoms with E-state index < -0.39 is 17.6 Å².